The number of thiazole rings is 1. The van der Waals surface area contributed by atoms with Crippen molar-refractivity contribution in [3.63, 3.8) is 0 Å². The molecule has 7 nitrogen and oxygen atoms in total. The minimum absolute atomic E-state index is 0.287. The molecule has 0 fully saturated rings. The molecule has 3 rings (SSSR count). The quantitative estimate of drug-likeness (QED) is 0.902. The molecule has 0 spiro atoms. The van der Waals surface area contributed by atoms with Crippen molar-refractivity contribution >= 4 is 23.1 Å². The smallest absolute Gasteiger partial charge is 0.319 e. The fourth-order valence-corrected chi connectivity index (χ4v) is 3.28. The molecule has 8 heteroatoms. The van der Waals surface area contributed by atoms with Crippen molar-refractivity contribution in [1.82, 2.24) is 15.5 Å². The number of carbonyl (C=O) groups is 1. The van der Waals surface area contributed by atoms with Crippen LogP contribution < -0.4 is 10.6 Å². The Balaban J connectivity index is 1.58. The summed E-state index contributed by atoms with van der Waals surface area (Å²) in [5.41, 5.74) is 2.41. The monoisotopic (exact) mass is 322 g/mol. The average Bonchev–Trinajstić information content (AvgIpc) is 3.09. The molecule has 0 aromatic carbocycles. The van der Waals surface area contributed by atoms with Crippen molar-refractivity contribution in [3.8, 4) is 0 Å². The maximum atomic E-state index is 12.0. The summed E-state index contributed by atoms with van der Waals surface area (Å²) in [6, 6.07) is -0.287. The normalized spacial score (nSPS) is 13.7. The average molecular weight is 322 g/mol. The fraction of sp³-hybridized carbons (Fsp3) is 0.500. The highest BCUT2D eigenvalue weighted by Crippen LogP contribution is 2.23. The number of rotatable bonds is 4. The van der Waals surface area contributed by atoms with E-state index >= 15 is 0 Å². The van der Waals surface area contributed by atoms with E-state index in [1.807, 2.05) is 6.92 Å². The Labute approximate surface area is 132 Å². The van der Waals surface area contributed by atoms with E-state index in [0.717, 1.165) is 28.6 Å². The molecule has 2 aromatic rings. The molecule has 118 valence electrons. The first-order valence-electron chi connectivity index (χ1n) is 7.22. The second kappa shape index (κ2) is 6.45. The van der Waals surface area contributed by atoms with E-state index < -0.39 is 0 Å². The van der Waals surface area contributed by atoms with Gasteiger partial charge in [0.1, 0.15) is 16.4 Å². The number of aryl methyl sites for hydroxylation is 2. The summed E-state index contributed by atoms with van der Waals surface area (Å²) in [5.74, 6) is 0.675. The van der Waals surface area contributed by atoms with Crippen LogP contribution in [-0.4, -0.2) is 22.8 Å². The Hall–Kier alpha value is -1.93. The number of fused-ring (bicyclic) bond motifs is 1. The highest BCUT2D eigenvalue weighted by atomic mass is 32.1. The summed E-state index contributed by atoms with van der Waals surface area (Å²) < 4.78 is 10.5. The molecular weight excluding hydrogens is 304 g/mol. The van der Waals surface area contributed by atoms with Crippen LogP contribution in [0.1, 0.15) is 34.0 Å². The predicted molar refractivity (Wildman–Crippen MR) is 82.0 cm³/mol. The first-order valence-corrected chi connectivity index (χ1v) is 8.04. The van der Waals surface area contributed by atoms with Crippen LogP contribution in [0.5, 0.6) is 0 Å². The lowest BCUT2D eigenvalue weighted by molar-refractivity contribution is 0.112. The molecule has 2 N–H and O–H groups in total. The zero-order valence-electron chi connectivity index (χ0n) is 12.6. The number of nitrogens with one attached hydrogen (secondary N) is 2. The van der Waals surface area contributed by atoms with Gasteiger partial charge in [-0.1, -0.05) is 12.1 Å². The molecule has 0 saturated heterocycles. The van der Waals surface area contributed by atoms with Crippen LogP contribution in [0.15, 0.2) is 4.52 Å². The maximum absolute atomic E-state index is 12.0. The third-order valence-corrected chi connectivity index (χ3v) is 4.50. The number of urea groups is 1. The molecule has 0 unspecified atom stereocenters. The van der Waals surface area contributed by atoms with Gasteiger partial charge in [0, 0.05) is 12.8 Å². The van der Waals surface area contributed by atoms with Gasteiger partial charge in [-0.2, -0.15) is 0 Å². The summed E-state index contributed by atoms with van der Waals surface area (Å²) in [7, 11) is 0. The Morgan fingerprint density at radius 1 is 1.45 bits per heavy atom. The highest BCUT2D eigenvalue weighted by Gasteiger charge is 2.17. The number of aromatic nitrogens is 2. The van der Waals surface area contributed by atoms with Crippen LogP contribution in [-0.2, 0) is 30.7 Å². The van der Waals surface area contributed by atoms with Crippen LogP contribution in [0.3, 0.4) is 0 Å². The number of ether oxygens (including phenoxy) is 1. The van der Waals surface area contributed by atoms with Gasteiger partial charge >= 0.3 is 6.03 Å². The second-order valence-corrected chi connectivity index (χ2v) is 6.18. The van der Waals surface area contributed by atoms with Gasteiger partial charge < -0.3 is 19.9 Å². The number of nitrogens with zero attached hydrogens (tertiary/aromatic N) is 2. The molecule has 2 amide bonds. The molecule has 2 aromatic heterocycles. The number of hydrogen-bond donors (Lipinski definition) is 2. The van der Waals surface area contributed by atoms with Crippen LogP contribution >= 0.6 is 11.3 Å². The molecular formula is C14H18N4O3S. The number of carbonyl (C=O) groups excluding carboxylic acids is 1. The molecule has 0 bridgehead atoms. The first-order chi connectivity index (χ1) is 10.7. The summed E-state index contributed by atoms with van der Waals surface area (Å²) in [5, 5.41) is 10.4. The lowest BCUT2D eigenvalue weighted by atomic mass is 10.2. The van der Waals surface area contributed by atoms with Crippen molar-refractivity contribution in [2.45, 2.75) is 39.8 Å². The maximum Gasteiger partial charge on any atom is 0.319 e. The minimum Gasteiger partial charge on any atom is -0.375 e. The Morgan fingerprint density at radius 2 is 2.32 bits per heavy atom. The fourth-order valence-electron chi connectivity index (χ4n) is 2.29. The Bertz CT molecular complexity index is 656. The summed E-state index contributed by atoms with van der Waals surface area (Å²) in [6.45, 7) is 5.49. The lowest BCUT2D eigenvalue weighted by Crippen LogP contribution is -2.28. The van der Waals surface area contributed by atoms with Gasteiger partial charge in [0.05, 0.1) is 30.3 Å². The van der Waals surface area contributed by atoms with Crippen molar-refractivity contribution in [2.24, 2.45) is 0 Å². The minimum atomic E-state index is -0.287. The summed E-state index contributed by atoms with van der Waals surface area (Å²) >= 11 is 1.59. The Morgan fingerprint density at radius 3 is 3.09 bits per heavy atom. The van der Waals surface area contributed by atoms with Gasteiger partial charge in [0.25, 0.3) is 0 Å². The van der Waals surface area contributed by atoms with Gasteiger partial charge in [-0.3, -0.25) is 0 Å². The van der Waals surface area contributed by atoms with Crippen molar-refractivity contribution in [2.75, 3.05) is 11.9 Å². The number of hydrogen-bond acceptors (Lipinski definition) is 6. The molecule has 0 aliphatic carbocycles. The van der Waals surface area contributed by atoms with E-state index in [0.29, 0.717) is 36.7 Å². The zero-order valence-corrected chi connectivity index (χ0v) is 13.4. The van der Waals surface area contributed by atoms with Crippen LogP contribution in [0, 0.1) is 6.92 Å². The van der Waals surface area contributed by atoms with Crippen LogP contribution in [0.4, 0.5) is 10.5 Å². The summed E-state index contributed by atoms with van der Waals surface area (Å²) in [6.07, 6.45) is 1.52. The molecule has 0 radical (unpaired) electrons. The van der Waals surface area contributed by atoms with Crippen molar-refractivity contribution < 1.29 is 14.1 Å². The van der Waals surface area contributed by atoms with Crippen molar-refractivity contribution in [1.29, 1.82) is 0 Å². The van der Waals surface area contributed by atoms with Gasteiger partial charge in [-0.15, -0.1) is 11.3 Å². The van der Waals surface area contributed by atoms with Crippen molar-refractivity contribution in [3.05, 3.63) is 27.0 Å². The molecule has 3 heterocycles. The van der Waals surface area contributed by atoms with Gasteiger partial charge in [-0.05, 0) is 6.92 Å². The standard InChI is InChI=1S/C14H18N4O3S/c1-3-10-13(8(2)18-21-10)17-14(19)15-6-12-16-9-4-5-20-7-11(9)22-12/h3-7H2,1-2H3,(H2,15,17,19). The van der Waals surface area contributed by atoms with E-state index in [4.69, 9.17) is 9.26 Å². The largest absolute Gasteiger partial charge is 0.375 e. The zero-order chi connectivity index (χ0) is 15.5. The molecule has 0 saturated carbocycles. The van der Waals surface area contributed by atoms with E-state index in [1.165, 1.54) is 0 Å². The third kappa shape index (κ3) is 3.12. The van der Waals surface area contributed by atoms with E-state index in [9.17, 15) is 4.79 Å². The van der Waals surface area contributed by atoms with Gasteiger partial charge in [0.2, 0.25) is 0 Å². The molecule has 1 aliphatic rings. The predicted octanol–water partition coefficient (Wildman–Crippen LogP) is 2.40. The van der Waals surface area contributed by atoms with Crippen LogP contribution in [0.2, 0.25) is 0 Å². The first kappa shape index (κ1) is 15.0. The van der Waals surface area contributed by atoms with E-state index in [1.54, 1.807) is 18.3 Å². The number of anilines is 1. The van der Waals surface area contributed by atoms with Crippen LogP contribution in [0.25, 0.3) is 0 Å². The molecule has 22 heavy (non-hydrogen) atoms. The van der Waals surface area contributed by atoms with Gasteiger partial charge in [-0.25, -0.2) is 9.78 Å². The molecule has 1 aliphatic heterocycles. The topological polar surface area (TPSA) is 89.3 Å². The Kier molecular flexibility index (Phi) is 4.39. The van der Waals surface area contributed by atoms with E-state index in [-0.39, 0.29) is 6.03 Å². The second-order valence-electron chi connectivity index (χ2n) is 5.01. The third-order valence-electron chi connectivity index (χ3n) is 3.43. The lowest BCUT2D eigenvalue weighted by Gasteiger charge is -2.08. The SMILES string of the molecule is CCc1onc(C)c1NC(=O)NCc1nc2c(s1)COCC2. The molecule has 0 atom stereocenters. The van der Waals surface area contributed by atoms with Gasteiger partial charge in [0.15, 0.2) is 5.76 Å². The summed E-state index contributed by atoms with van der Waals surface area (Å²) in [4.78, 5) is 17.7. The highest BCUT2D eigenvalue weighted by molar-refractivity contribution is 7.11. The van der Waals surface area contributed by atoms with E-state index in [2.05, 4.69) is 20.8 Å². The number of amides is 2.